The molecule has 4 aromatic rings. The third-order valence-electron chi connectivity index (χ3n) is 5.14. The third-order valence-corrected chi connectivity index (χ3v) is 5.14. The van der Waals surface area contributed by atoms with Crippen LogP contribution >= 0.6 is 0 Å². The highest BCUT2D eigenvalue weighted by atomic mass is 16.3. The lowest BCUT2D eigenvalue weighted by molar-refractivity contribution is 0.282. The van der Waals surface area contributed by atoms with Crippen LogP contribution in [0.25, 0.3) is 21.8 Å². The second-order valence-electron chi connectivity index (χ2n) is 7.18. The van der Waals surface area contributed by atoms with E-state index in [0.29, 0.717) is 5.82 Å². The molecule has 0 bridgehead atoms. The number of hydrogen-bond donors (Lipinski definition) is 2. The van der Waals surface area contributed by atoms with Gasteiger partial charge in [0.25, 0.3) is 0 Å². The average molecular weight is 357 g/mol. The van der Waals surface area contributed by atoms with E-state index in [1.165, 1.54) is 22.3 Å². The van der Waals surface area contributed by atoms with Crippen LogP contribution in [0.15, 0.2) is 48.7 Å². The van der Waals surface area contributed by atoms with Gasteiger partial charge in [-0.3, -0.25) is 4.98 Å². The van der Waals surface area contributed by atoms with E-state index in [1.54, 1.807) is 0 Å². The first-order valence-electron chi connectivity index (χ1n) is 9.19. The van der Waals surface area contributed by atoms with Crippen LogP contribution < -0.4 is 5.73 Å². The molecule has 0 spiro atoms. The molecule has 4 rings (SSSR count). The molecule has 0 fully saturated rings. The molecule has 0 atom stereocenters. The quantitative estimate of drug-likeness (QED) is 0.535. The Kier molecular flexibility index (Phi) is 4.50. The lowest BCUT2D eigenvalue weighted by Crippen LogP contribution is -1.99. The number of aliphatic hydroxyl groups excluding tert-OH is 1. The second kappa shape index (κ2) is 6.97. The minimum Gasteiger partial charge on any atom is -0.392 e. The number of nitrogens with two attached hydrogens (primary N) is 1. The molecule has 2 aromatic heterocycles. The zero-order chi connectivity index (χ0) is 19.0. The van der Waals surface area contributed by atoms with Crippen LogP contribution in [0.4, 0.5) is 5.82 Å². The van der Waals surface area contributed by atoms with Gasteiger partial charge in [-0.1, -0.05) is 35.9 Å². The van der Waals surface area contributed by atoms with E-state index in [0.717, 1.165) is 40.2 Å². The van der Waals surface area contributed by atoms with Crippen LogP contribution in [0.3, 0.4) is 0 Å². The Morgan fingerprint density at radius 1 is 0.926 bits per heavy atom. The van der Waals surface area contributed by atoms with Gasteiger partial charge in [0.15, 0.2) is 5.82 Å². The Balaban J connectivity index is 1.73. The molecule has 4 heteroatoms. The number of benzene rings is 2. The van der Waals surface area contributed by atoms with Gasteiger partial charge in [-0.15, -0.1) is 0 Å². The Morgan fingerprint density at radius 3 is 2.56 bits per heavy atom. The van der Waals surface area contributed by atoms with Crippen molar-refractivity contribution in [3.8, 4) is 0 Å². The number of pyridine rings is 2. The normalized spacial score (nSPS) is 11.4. The van der Waals surface area contributed by atoms with Crippen LogP contribution in [-0.2, 0) is 19.4 Å². The van der Waals surface area contributed by atoms with E-state index in [2.05, 4.69) is 48.1 Å². The fraction of sp³-hybridized carbons (Fsp3) is 0.217. The fourth-order valence-electron chi connectivity index (χ4n) is 3.64. The molecule has 0 amide bonds. The monoisotopic (exact) mass is 357 g/mol. The number of nitrogens with zero attached hydrogens (tertiary/aromatic N) is 2. The highest BCUT2D eigenvalue weighted by Gasteiger charge is 2.10. The zero-order valence-electron chi connectivity index (χ0n) is 15.7. The van der Waals surface area contributed by atoms with Crippen molar-refractivity contribution in [1.82, 2.24) is 9.97 Å². The molecule has 27 heavy (non-hydrogen) atoms. The highest BCUT2D eigenvalue weighted by Crippen LogP contribution is 2.28. The maximum Gasteiger partial charge on any atom is 0.150 e. The van der Waals surface area contributed by atoms with Gasteiger partial charge in [0.1, 0.15) is 5.52 Å². The van der Waals surface area contributed by atoms with E-state index in [9.17, 15) is 5.11 Å². The Morgan fingerprint density at radius 2 is 1.78 bits per heavy atom. The van der Waals surface area contributed by atoms with Crippen LogP contribution in [-0.4, -0.2) is 15.1 Å². The topological polar surface area (TPSA) is 72.0 Å². The summed E-state index contributed by atoms with van der Waals surface area (Å²) >= 11 is 0. The minimum absolute atomic E-state index is 0.0102. The zero-order valence-corrected chi connectivity index (χ0v) is 15.7. The smallest absolute Gasteiger partial charge is 0.150 e. The molecule has 0 aliphatic rings. The first-order valence-corrected chi connectivity index (χ1v) is 9.19. The summed E-state index contributed by atoms with van der Waals surface area (Å²) in [5.41, 5.74) is 13.6. The summed E-state index contributed by atoms with van der Waals surface area (Å²) < 4.78 is 0. The van der Waals surface area contributed by atoms with Gasteiger partial charge in [-0.2, -0.15) is 0 Å². The summed E-state index contributed by atoms with van der Waals surface area (Å²) in [6.45, 7) is 4.28. The molecular formula is C23H23N3O. The van der Waals surface area contributed by atoms with E-state index < -0.39 is 0 Å². The number of hydrogen-bond acceptors (Lipinski definition) is 4. The average Bonchev–Trinajstić information content (AvgIpc) is 2.67. The SMILES string of the molecule is Cc1ccc(CCc2cnc3c(N)nc4cc(CO)ccc4c3c2)c(C)c1. The number of nitrogen functional groups attached to an aromatic ring is 1. The Bertz CT molecular complexity index is 1150. The molecule has 0 unspecified atom stereocenters. The minimum atomic E-state index is -0.0102. The van der Waals surface area contributed by atoms with Crippen molar-refractivity contribution in [1.29, 1.82) is 0 Å². The number of aliphatic hydroxyl groups is 1. The van der Waals surface area contributed by atoms with Crippen LogP contribution in [0, 0.1) is 13.8 Å². The molecule has 0 radical (unpaired) electrons. The number of fused-ring (bicyclic) bond motifs is 3. The van der Waals surface area contributed by atoms with Gasteiger partial charge in [0.05, 0.1) is 12.1 Å². The van der Waals surface area contributed by atoms with Crippen molar-refractivity contribution < 1.29 is 5.11 Å². The van der Waals surface area contributed by atoms with Crippen molar-refractivity contribution in [3.05, 3.63) is 76.5 Å². The summed E-state index contributed by atoms with van der Waals surface area (Å²) in [6.07, 6.45) is 3.80. The summed E-state index contributed by atoms with van der Waals surface area (Å²) in [7, 11) is 0. The molecule has 3 N–H and O–H groups in total. The summed E-state index contributed by atoms with van der Waals surface area (Å²) in [5, 5.41) is 11.4. The lowest BCUT2D eigenvalue weighted by atomic mass is 9.98. The van der Waals surface area contributed by atoms with Gasteiger partial charge in [0, 0.05) is 17.0 Å². The number of aromatic nitrogens is 2. The molecule has 4 nitrogen and oxygen atoms in total. The van der Waals surface area contributed by atoms with E-state index in [4.69, 9.17) is 5.73 Å². The van der Waals surface area contributed by atoms with Gasteiger partial charge >= 0.3 is 0 Å². The summed E-state index contributed by atoms with van der Waals surface area (Å²) in [4.78, 5) is 9.05. The van der Waals surface area contributed by atoms with E-state index in [1.807, 2.05) is 24.4 Å². The Labute approximate surface area is 158 Å². The summed E-state index contributed by atoms with van der Waals surface area (Å²) in [5.74, 6) is 0.425. The van der Waals surface area contributed by atoms with Crippen molar-refractivity contribution >= 4 is 27.6 Å². The van der Waals surface area contributed by atoms with E-state index >= 15 is 0 Å². The highest BCUT2D eigenvalue weighted by molar-refractivity contribution is 6.08. The lowest BCUT2D eigenvalue weighted by Gasteiger charge is -2.10. The largest absolute Gasteiger partial charge is 0.392 e. The molecule has 0 saturated heterocycles. The van der Waals surface area contributed by atoms with E-state index in [-0.39, 0.29) is 6.61 Å². The maximum atomic E-state index is 9.37. The van der Waals surface area contributed by atoms with Gasteiger partial charge in [-0.25, -0.2) is 4.98 Å². The Hall–Kier alpha value is -2.98. The molecule has 136 valence electrons. The number of rotatable bonds is 4. The van der Waals surface area contributed by atoms with Crippen molar-refractivity contribution in [2.24, 2.45) is 0 Å². The first kappa shape index (κ1) is 17.4. The van der Waals surface area contributed by atoms with Gasteiger partial charge in [-0.05, 0) is 61.1 Å². The molecule has 2 heterocycles. The van der Waals surface area contributed by atoms with Gasteiger partial charge < -0.3 is 10.8 Å². The summed E-state index contributed by atoms with van der Waals surface area (Å²) in [6, 6.07) is 14.6. The number of anilines is 1. The molecule has 0 saturated carbocycles. The standard InChI is InChI=1S/C23H23N3O/c1-14-3-6-18(15(2)9-14)7-4-16-10-20-19-8-5-17(13-27)11-21(19)26-23(24)22(20)25-12-16/h3,5-6,8-12,27H,4,7,13H2,1-2H3,(H2,24,26). The van der Waals surface area contributed by atoms with Gasteiger partial charge in [0.2, 0.25) is 0 Å². The molecule has 0 aliphatic carbocycles. The third kappa shape index (κ3) is 3.36. The van der Waals surface area contributed by atoms with Crippen molar-refractivity contribution in [2.75, 3.05) is 5.73 Å². The van der Waals surface area contributed by atoms with Crippen LogP contribution in [0.1, 0.15) is 27.8 Å². The van der Waals surface area contributed by atoms with Crippen LogP contribution in [0.2, 0.25) is 0 Å². The van der Waals surface area contributed by atoms with Crippen LogP contribution in [0.5, 0.6) is 0 Å². The maximum absolute atomic E-state index is 9.37. The first-order chi connectivity index (χ1) is 13.0. The van der Waals surface area contributed by atoms with Crippen molar-refractivity contribution in [3.63, 3.8) is 0 Å². The second-order valence-corrected chi connectivity index (χ2v) is 7.18. The number of aryl methyl sites for hydroxylation is 4. The molecular weight excluding hydrogens is 334 g/mol. The van der Waals surface area contributed by atoms with Crippen molar-refractivity contribution in [2.45, 2.75) is 33.3 Å². The molecule has 2 aromatic carbocycles. The predicted octanol–water partition coefficient (Wildman–Crippen LogP) is 4.26. The fourth-order valence-corrected chi connectivity index (χ4v) is 3.64. The predicted molar refractivity (Wildman–Crippen MR) is 111 cm³/mol. The molecule has 0 aliphatic heterocycles.